The van der Waals surface area contributed by atoms with Crippen LogP contribution in [0.2, 0.25) is 5.28 Å². The summed E-state index contributed by atoms with van der Waals surface area (Å²) in [6.07, 6.45) is 0. The number of hydrogen-bond donors (Lipinski definition) is 0. The van der Waals surface area contributed by atoms with Crippen molar-refractivity contribution in [1.82, 2.24) is 14.9 Å². The number of anilines is 1. The first-order chi connectivity index (χ1) is 10.2. The van der Waals surface area contributed by atoms with Crippen molar-refractivity contribution < 1.29 is 9.53 Å². The molecule has 22 heavy (non-hydrogen) atoms. The first-order valence-electron chi connectivity index (χ1n) is 7.37. The third-order valence-electron chi connectivity index (χ3n) is 3.95. The van der Waals surface area contributed by atoms with Gasteiger partial charge in [0.1, 0.15) is 5.82 Å². The second kappa shape index (κ2) is 6.38. The fraction of sp³-hybridized carbons (Fsp3) is 0.667. The molecule has 0 saturated carbocycles. The second-order valence-corrected chi connectivity index (χ2v) is 6.87. The fourth-order valence-electron chi connectivity index (χ4n) is 2.67. The van der Waals surface area contributed by atoms with Crippen LogP contribution in [0.4, 0.5) is 5.82 Å². The average Bonchev–Trinajstić information content (AvgIpc) is 2.44. The van der Waals surface area contributed by atoms with Crippen molar-refractivity contribution in [2.75, 3.05) is 31.6 Å². The van der Waals surface area contributed by atoms with E-state index < -0.39 is 5.97 Å². The Labute approximate surface area is 136 Å². The Morgan fingerprint density at radius 2 is 2.05 bits per heavy atom. The number of esters is 1. The molecule has 6 nitrogen and oxygen atoms in total. The van der Waals surface area contributed by atoms with Crippen LogP contribution >= 0.6 is 11.6 Å². The lowest BCUT2D eigenvalue weighted by atomic mass is 10.0. The van der Waals surface area contributed by atoms with Gasteiger partial charge >= 0.3 is 5.97 Å². The maximum Gasteiger partial charge on any atom is 0.356 e. The topological polar surface area (TPSA) is 58.6 Å². The Hall–Kier alpha value is -1.40. The fourth-order valence-corrected chi connectivity index (χ4v) is 2.85. The Morgan fingerprint density at radius 1 is 1.36 bits per heavy atom. The summed E-state index contributed by atoms with van der Waals surface area (Å²) in [4.78, 5) is 24.5. The number of nitrogens with zero attached hydrogens (tertiary/aromatic N) is 4. The maximum absolute atomic E-state index is 11.7. The van der Waals surface area contributed by atoms with Crippen LogP contribution in [0.25, 0.3) is 0 Å². The quantitative estimate of drug-likeness (QED) is 0.613. The third-order valence-corrected chi connectivity index (χ3v) is 4.12. The molecule has 0 N–H and O–H groups in total. The van der Waals surface area contributed by atoms with Gasteiger partial charge in [0, 0.05) is 37.3 Å². The summed E-state index contributed by atoms with van der Waals surface area (Å²) < 4.78 is 4.71. The molecule has 2 rings (SSSR count). The highest BCUT2D eigenvalue weighted by atomic mass is 35.5. The number of hydrogen-bond acceptors (Lipinski definition) is 6. The minimum atomic E-state index is -0.508. The number of rotatable bonds is 2. The SMILES string of the molecule is COC(=O)c1cc(N2CCN(C(C)(C)C)CC2C)nc(Cl)n1. The summed E-state index contributed by atoms with van der Waals surface area (Å²) in [5.74, 6) is 0.160. The van der Waals surface area contributed by atoms with Crippen molar-refractivity contribution in [3.63, 3.8) is 0 Å². The zero-order valence-corrected chi connectivity index (χ0v) is 14.5. The van der Waals surface area contributed by atoms with Gasteiger partial charge in [-0.2, -0.15) is 0 Å². The zero-order valence-electron chi connectivity index (χ0n) is 13.8. The van der Waals surface area contributed by atoms with Crippen LogP contribution in [0.1, 0.15) is 38.2 Å². The monoisotopic (exact) mass is 326 g/mol. The summed E-state index contributed by atoms with van der Waals surface area (Å²) in [5, 5.41) is 0.0587. The number of methoxy groups -OCH3 is 1. The predicted octanol–water partition coefficient (Wildman–Crippen LogP) is 2.23. The molecule has 0 radical (unpaired) electrons. The molecule has 2 heterocycles. The van der Waals surface area contributed by atoms with Crippen molar-refractivity contribution in [3.8, 4) is 0 Å². The average molecular weight is 327 g/mol. The molecule has 1 unspecified atom stereocenters. The second-order valence-electron chi connectivity index (χ2n) is 6.53. The first-order valence-corrected chi connectivity index (χ1v) is 7.74. The maximum atomic E-state index is 11.7. The Morgan fingerprint density at radius 3 is 2.59 bits per heavy atom. The van der Waals surface area contributed by atoms with Crippen LogP contribution in [0.3, 0.4) is 0 Å². The molecule has 1 atom stereocenters. The van der Waals surface area contributed by atoms with E-state index in [-0.39, 0.29) is 22.6 Å². The van der Waals surface area contributed by atoms with Crippen LogP contribution < -0.4 is 4.90 Å². The van der Waals surface area contributed by atoms with Gasteiger partial charge in [-0.1, -0.05) is 0 Å². The minimum absolute atomic E-state index is 0.0587. The molecule has 0 spiro atoms. The van der Waals surface area contributed by atoms with Gasteiger partial charge in [0.15, 0.2) is 5.69 Å². The Balaban J connectivity index is 2.22. The van der Waals surface area contributed by atoms with E-state index >= 15 is 0 Å². The van der Waals surface area contributed by atoms with E-state index in [4.69, 9.17) is 16.3 Å². The molecule has 0 aliphatic carbocycles. The van der Waals surface area contributed by atoms with Crippen molar-refractivity contribution >= 4 is 23.4 Å². The zero-order chi connectivity index (χ0) is 16.5. The number of carbonyl (C=O) groups is 1. The number of ether oxygens (including phenoxy) is 1. The van der Waals surface area contributed by atoms with Gasteiger partial charge in [0.25, 0.3) is 0 Å². The minimum Gasteiger partial charge on any atom is -0.464 e. The Kier molecular flexibility index (Phi) is 4.92. The van der Waals surface area contributed by atoms with Crippen molar-refractivity contribution in [2.45, 2.75) is 39.3 Å². The van der Waals surface area contributed by atoms with E-state index in [1.54, 1.807) is 6.07 Å². The highest BCUT2D eigenvalue weighted by Crippen LogP contribution is 2.24. The molecule has 1 aliphatic rings. The Bertz CT molecular complexity index is 559. The first kappa shape index (κ1) is 17.0. The summed E-state index contributed by atoms with van der Waals surface area (Å²) in [6, 6.07) is 1.91. The summed E-state index contributed by atoms with van der Waals surface area (Å²) in [5.41, 5.74) is 0.323. The molecule has 0 aromatic carbocycles. The standard InChI is InChI=1S/C15H23ClN4O2/c1-10-9-19(15(2,3)4)6-7-20(10)12-8-11(13(21)22-5)17-14(16)18-12/h8,10H,6-7,9H2,1-5H3. The summed E-state index contributed by atoms with van der Waals surface area (Å²) >= 11 is 5.95. The van der Waals surface area contributed by atoms with Gasteiger partial charge in [-0.05, 0) is 39.3 Å². The van der Waals surface area contributed by atoms with Gasteiger partial charge in [0.2, 0.25) is 5.28 Å². The van der Waals surface area contributed by atoms with E-state index in [0.717, 1.165) is 19.6 Å². The molecule has 7 heteroatoms. The molecule has 122 valence electrons. The number of piperazine rings is 1. The molecule has 0 bridgehead atoms. The lowest BCUT2D eigenvalue weighted by Crippen LogP contribution is -2.57. The molecule has 1 aromatic rings. The normalized spacial score (nSPS) is 20.1. The third kappa shape index (κ3) is 3.67. The van der Waals surface area contributed by atoms with E-state index in [0.29, 0.717) is 5.82 Å². The molecule has 1 aromatic heterocycles. The molecular formula is C15H23ClN4O2. The van der Waals surface area contributed by atoms with Gasteiger partial charge in [-0.3, -0.25) is 4.90 Å². The molecule has 1 aliphatic heterocycles. The lowest BCUT2D eigenvalue weighted by molar-refractivity contribution is 0.0594. The molecule has 1 saturated heterocycles. The number of halogens is 1. The van der Waals surface area contributed by atoms with E-state index in [2.05, 4.69) is 47.5 Å². The van der Waals surface area contributed by atoms with Crippen LogP contribution in [0.5, 0.6) is 0 Å². The summed E-state index contributed by atoms with van der Waals surface area (Å²) in [7, 11) is 1.32. The van der Waals surface area contributed by atoms with Gasteiger partial charge in [0.05, 0.1) is 7.11 Å². The largest absolute Gasteiger partial charge is 0.464 e. The van der Waals surface area contributed by atoms with E-state index in [1.165, 1.54) is 7.11 Å². The predicted molar refractivity (Wildman–Crippen MR) is 86.5 cm³/mol. The molecular weight excluding hydrogens is 304 g/mol. The van der Waals surface area contributed by atoms with Crippen LogP contribution in [0.15, 0.2) is 6.07 Å². The van der Waals surface area contributed by atoms with Crippen molar-refractivity contribution in [1.29, 1.82) is 0 Å². The van der Waals surface area contributed by atoms with E-state index in [9.17, 15) is 4.79 Å². The van der Waals surface area contributed by atoms with Crippen molar-refractivity contribution in [3.05, 3.63) is 17.0 Å². The number of aromatic nitrogens is 2. The van der Waals surface area contributed by atoms with Gasteiger partial charge < -0.3 is 9.64 Å². The lowest BCUT2D eigenvalue weighted by Gasteiger charge is -2.46. The highest BCUT2D eigenvalue weighted by molar-refractivity contribution is 6.28. The van der Waals surface area contributed by atoms with Crippen LogP contribution in [-0.4, -0.2) is 59.2 Å². The molecule has 1 fully saturated rings. The van der Waals surface area contributed by atoms with Crippen molar-refractivity contribution in [2.24, 2.45) is 0 Å². The van der Waals surface area contributed by atoms with Gasteiger partial charge in [-0.15, -0.1) is 0 Å². The van der Waals surface area contributed by atoms with E-state index in [1.807, 2.05) is 0 Å². The molecule has 0 amide bonds. The van der Waals surface area contributed by atoms with Gasteiger partial charge in [-0.25, -0.2) is 14.8 Å². The number of carbonyl (C=O) groups excluding carboxylic acids is 1. The highest BCUT2D eigenvalue weighted by Gasteiger charge is 2.31. The van der Waals surface area contributed by atoms with Crippen LogP contribution in [0, 0.1) is 0 Å². The van der Waals surface area contributed by atoms with Crippen LogP contribution in [-0.2, 0) is 4.74 Å². The smallest absolute Gasteiger partial charge is 0.356 e. The summed E-state index contributed by atoms with van der Waals surface area (Å²) in [6.45, 7) is 11.5.